The lowest BCUT2D eigenvalue weighted by atomic mass is 10.1. The van der Waals surface area contributed by atoms with E-state index in [2.05, 4.69) is 47.7 Å². The van der Waals surface area contributed by atoms with E-state index in [4.69, 9.17) is 18.9 Å². The van der Waals surface area contributed by atoms with Gasteiger partial charge in [-0.3, -0.25) is 9.59 Å². The van der Waals surface area contributed by atoms with Crippen LogP contribution >= 0.6 is 31.9 Å². The first-order valence-electron chi connectivity index (χ1n) is 10.9. The molecule has 0 heterocycles. The van der Waals surface area contributed by atoms with Gasteiger partial charge in [-0.25, -0.2) is 10.2 Å². The number of ether oxygens (including phenoxy) is 4. The summed E-state index contributed by atoms with van der Waals surface area (Å²) in [6.07, 6.45) is 1.33. The standard InChI is InChI=1S/C26H23Br2N3O7/c1-35-21-11-16(12-22(36-2)24(21)37-3)25(33)29-14-23(32)31-30-13-17-10-19(28)8-9-20(17)38-26(34)15-4-6-18(27)7-5-15/h4-13H,14H2,1-3H3,(H,29,33)(H,31,32)/b30-13-. The molecule has 0 atom stereocenters. The summed E-state index contributed by atoms with van der Waals surface area (Å²) in [5.74, 6) is -0.465. The van der Waals surface area contributed by atoms with Crippen LogP contribution in [0, 0.1) is 0 Å². The van der Waals surface area contributed by atoms with Gasteiger partial charge in [0, 0.05) is 20.1 Å². The Balaban J connectivity index is 1.61. The number of nitrogens with one attached hydrogen (secondary N) is 2. The molecule has 3 rings (SSSR count). The molecule has 3 aromatic carbocycles. The second-order valence-electron chi connectivity index (χ2n) is 7.47. The number of rotatable bonds is 10. The van der Waals surface area contributed by atoms with Gasteiger partial charge in [-0.05, 0) is 54.6 Å². The summed E-state index contributed by atoms with van der Waals surface area (Å²) < 4.78 is 22.8. The second kappa shape index (κ2) is 13.6. The number of halogens is 2. The van der Waals surface area contributed by atoms with Crippen LogP contribution in [0.15, 0.2) is 68.6 Å². The zero-order chi connectivity index (χ0) is 27.7. The third kappa shape index (κ3) is 7.56. The van der Waals surface area contributed by atoms with Crippen LogP contribution < -0.4 is 29.7 Å². The molecule has 10 nitrogen and oxygen atoms in total. The number of methoxy groups -OCH3 is 3. The van der Waals surface area contributed by atoms with Crippen LogP contribution in [0.25, 0.3) is 0 Å². The monoisotopic (exact) mass is 647 g/mol. The normalized spacial score (nSPS) is 10.6. The lowest BCUT2D eigenvalue weighted by Crippen LogP contribution is -2.35. The molecule has 0 aliphatic heterocycles. The van der Waals surface area contributed by atoms with Gasteiger partial charge in [0.2, 0.25) is 5.75 Å². The van der Waals surface area contributed by atoms with Crippen molar-refractivity contribution >= 4 is 55.9 Å². The summed E-state index contributed by atoms with van der Waals surface area (Å²) in [6.45, 7) is -0.350. The van der Waals surface area contributed by atoms with Gasteiger partial charge in [-0.1, -0.05) is 31.9 Å². The Hall–Kier alpha value is -3.90. The van der Waals surface area contributed by atoms with Gasteiger partial charge in [0.15, 0.2) is 11.5 Å². The molecule has 198 valence electrons. The van der Waals surface area contributed by atoms with E-state index in [1.54, 1.807) is 42.5 Å². The summed E-state index contributed by atoms with van der Waals surface area (Å²) in [6, 6.07) is 14.6. The summed E-state index contributed by atoms with van der Waals surface area (Å²) in [7, 11) is 4.32. The molecule has 0 saturated heterocycles. The fraction of sp³-hybridized carbons (Fsp3) is 0.154. The number of hydrogen-bond donors (Lipinski definition) is 2. The number of amides is 2. The maximum Gasteiger partial charge on any atom is 0.343 e. The predicted molar refractivity (Wildman–Crippen MR) is 147 cm³/mol. The van der Waals surface area contributed by atoms with E-state index in [1.807, 2.05) is 0 Å². The topological polar surface area (TPSA) is 125 Å². The molecular formula is C26H23Br2N3O7. The van der Waals surface area contributed by atoms with E-state index in [1.165, 1.54) is 39.7 Å². The van der Waals surface area contributed by atoms with E-state index in [0.29, 0.717) is 32.8 Å². The highest BCUT2D eigenvalue weighted by atomic mass is 79.9. The molecule has 2 amide bonds. The maximum absolute atomic E-state index is 12.6. The van der Waals surface area contributed by atoms with Crippen LogP contribution in [-0.4, -0.2) is 51.9 Å². The number of hydrazone groups is 1. The zero-order valence-corrected chi connectivity index (χ0v) is 23.7. The largest absolute Gasteiger partial charge is 0.493 e. The van der Waals surface area contributed by atoms with E-state index in [9.17, 15) is 14.4 Å². The van der Waals surface area contributed by atoms with E-state index in [-0.39, 0.29) is 17.9 Å². The van der Waals surface area contributed by atoms with E-state index < -0.39 is 17.8 Å². The minimum absolute atomic E-state index is 0.210. The lowest BCUT2D eigenvalue weighted by Gasteiger charge is -2.14. The number of esters is 1. The van der Waals surface area contributed by atoms with Crippen LogP contribution in [0.2, 0.25) is 0 Å². The summed E-state index contributed by atoms with van der Waals surface area (Å²) in [5.41, 5.74) is 3.34. The molecule has 0 fully saturated rings. The smallest absolute Gasteiger partial charge is 0.343 e. The molecule has 0 aliphatic carbocycles. The highest BCUT2D eigenvalue weighted by molar-refractivity contribution is 9.10. The average Bonchev–Trinajstić information content (AvgIpc) is 2.92. The van der Waals surface area contributed by atoms with Crippen molar-refractivity contribution in [3.05, 3.63) is 80.2 Å². The molecule has 0 bridgehead atoms. The average molecular weight is 649 g/mol. The Morgan fingerprint density at radius 2 is 1.45 bits per heavy atom. The molecule has 0 unspecified atom stereocenters. The Bertz CT molecular complexity index is 1340. The van der Waals surface area contributed by atoms with Gasteiger partial charge in [0.05, 0.1) is 39.7 Å². The molecular weight excluding hydrogens is 626 g/mol. The molecule has 0 spiro atoms. The Labute approximate surface area is 235 Å². The molecule has 12 heteroatoms. The maximum atomic E-state index is 12.6. The summed E-state index contributed by atoms with van der Waals surface area (Å²) in [4.78, 5) is 37.3. The fourth-order valence-electron chi connectivity index (χ4n) is 3.15. The Kier molecular flexibility index (Phi) is 10.3. The van der Waals surface area contributed by atoms with Crippen LogP contribution in [0.4, 0.5) is 0 Å². The molecule has 0 aromatic heterocycles. The third-order valence-electron chi connectivity index (χ3n) is 4.98. The SMILES string of the molecule is COc1cc(C(=O)NCC(=O)N/N=C\c2cc(Br)ccc2OC(=O)c2ccc(Br)cc2)cc(OC)c1OC. The minimum atomic E-state index is -0.578. The number of hydrogen-bond acceptors (Lipinski definition) is 8. The Morgan fingerprint density at radius 1 is 0.816 bits per heavy atom. The van der Waals surface area contributed by atoms with Gasteiger partial charge >= 0.3 is 5.97 Å². The number of carbonyl (C=O) groups excluding carboxylic acids is 3. The minimum Gasteiger partial charge on any atom is -0.493 e. The molecule has 0 aliphatic rings. The Morgan fingerprint density at radius 3 is 2.05 bits per heavy atom. The fourth-order valence-corrected chi connectivity index (χ4v) is 3.79. The molecule has 3 aromatic rings. The zero-order valence-electron chi connectivity index (χ0n) is 20.5. The van der Waals surface area contributed by atoms with Crippen molar-refractivity contribution in [3.63, 3.8) is 0 Å². The van der Waals surface area contributed by atoms with Crippen LogP contribution in [0.1, 0.15) is 26.3 Å². The number of benzene rings is 3. The first-order chi connectivity index (χ1) is 18.2. The van der Waals surface area contributed by atoms with Crippen LogP contribution in [0.5, 0.6) is 23.0 Å². The van der Waals surface area contributed by atoms with Crippen molar-refractivity contribution in [2.45, 2.75) is 0 Å². The first kappa shape index (κ1) is 28.7. The summed E-state index contributed by atoms with van der Waals surface area (Å²) >= 11 is 6.68. The van der Waals surface area contributed by atoms with Gasteiger partial charge < -0.3 is 24.3 Å². The van der Waals surface area contributed by atoms with Crippen LogP contribution in [-0.2, 0) is 4.79 Å². The highest BCUT2D eigenvalue weighted by Crippen LogP contribution is 2.38. The molecule has 2 N–H and O–H groups in total. The van der Waals surface area contributed by atoms with Crippen molar-refractivity contribution in [1.29, 1.82) is 0 Å². The molecule has 0 saturated carbocycles. The van der Waals surface area contributed by atoms with Crippen molar-refractivity contribution in [2.75, 3.05) is 27.9 Å². The van der Waals surface area contributed by atoms with Crippen LogP contribution in [0.3, 0.4) is 0 Å². The van der Waals surface area contributed by atoms with Gasteiger partial charge in [0.1, 0.15) is 5.75 Å². The van der Waals surface area contributed by atoms with Crippen molar-refractivity contribution in [1.82, 2.24) is 10.7 Å². The van der Waals surface area contributed by atoms with Gasteiger partial charge in [-0.2, -0.15) is 5.10 Å². The number of carbonyl (C=O) groups is 3. The van der Waals surface area contributed by atoms with Crippen molar-refractivity contribution in [2.24, 2.45) is 5.10 Å². The third-order valence-corrected chi connectivity index (χ3v) is 6.01. The van der Waals surface area contributed by atoms with Gasteiger partial charge in [0.25, 0.3) is 11.8 Å². The van der Waals surface area contributed by atoms with E-state index in [0.717, 1.165) is 4.47 Å². The van der Waals surface area contributed by atoms with Crippen molar-refractivity contribution in [3.8, 4) is 23.0 Å². The van der Waals surface area contributed by atoms with Crippen molar-refractivity contribution < 1.29 is 33.3 Å². The van der Waals surface area contributed by atoms with E-state index >= 15 is 0 Å². The second-order valence-corrected chi connectivity index (χ2v) is 9.30. The highest BCUT2D eigenvalue weighted by Gasteiger charge is 2.17. The molecule has 0 radical (unpaired) electrons. The summed E-state index contributed by atoms with van der Waals surface area (Å²) in [5, 5.41) is 6.41. The predicted octanol–water partition coefficient (Wildman–Crippen LogP) is 4.34. The first-order valence-corrected chi connectivity index (χ1v) is 12.5. The lowest BCUT2D eigenvalue weighted by molar-refractivity contribution is -0.120. The number of nitrogens with zero attached hydrogens (tertiary/aromatic N) is 1. The molecule has 38 heavy (non-hydrogen) atoms. The van der Waals surface area contributed by atoms with Gasteiger partial charge in [-0.15, -0.1) is 0 Å². The quantitative estimate of drug-likeness (QED) is 0.145.